The maximum Gasteiger partial charge on any atom is 0.422 e. The second-order valence-electron chi connectivity index (χ2n) is 12.1. The van der Waals surface area contributed by atoms with Crippen LogP contribution in [0.15, 0.2) is 79.1 Å². The molecule has 1 fully saturated rings. The fourth-order valence-electron chi connectivity index (χ4n) is 5.12. The number of nitrogens with one attached hydrogen (secondary N) is 5. The molecule has 18 nitrogen and oxygen atoms in total. The number of rotatable bonds is 14. The minimum absolute atomic E-state index is 0.0440. The molecule has 0 saturated heterocycles. The average molecular weight is 795 g/mol. The molecule has 0 unspecified atom stereocenters. The second-order valence-corrected chi connectivity index (χ2v) is 12.5. The molecule has 2 aromatic heterocycles. The van der Waals surface area contributed by atoms with E-state index in [4.69, 9.17) is 21.1 Å². The molecular weight excluding hydrogens is 765 g/mol. The number of hydrogen-bond acceptors (Lipinski definition) is 14. The minimum atomic E-state index is -4.65. The number of aromatic nitrogens is 7. The van der Waals surface area contributed by atoms with E-state index < -0.39 is 60.6 Å². The molecule has 3 amide bonds. The molecule has 290 valence electrons. The highest BCUT2D eigenvalue weighted by Crippen LogP contribution is 2.48. The van der Waals surface area contributed by atoms with Crippen LogP contribution in [0.2, 0.25) is 5.02 Å². The van der Waals surface area contributed by atoms with Gasteiger partial charge in [-0.1, -0.05) is 23.7 Å². The third kappa shape index (κ3) is 10.2. The molecule has 0 bridgehead atoms. The number of ether oxygens (including phenoxy) is 2. The Morgan fingerprint density at radius 1 is 0.893 bits per heavy atom. The Morgan fingerprint density at radius 3 is 2.20 bits per heavy atom. The van der Waals surface area contributed by atoms with Gasteiger partial charge in [0.05, 0.1) is 18.3 Å². The van der Waals surface area contributed by atoms with Gasteiger partial charge in [0.25, 0.3) is 5.91 Å². The number of anilines is 4. The lowest BCUT2D eigenvalue weighted by Gasteiger charge is -2.19. The van der Waals surface area contributed by atoms with Gasteiger partial charge in [0.15, 0.2) is 6.61 Å². The van der Waals surface area contributed by atoms with Gasteiger partial charge in [-0.2, -0.15) is 28.1 Å². The van der Waals surface area contributed by atoms with E-state index in [0.29, 0.717) is 34.9 Å². The van der Waals surface area contributed by atoms with Gasteiger partial charge >= 0.3 is 30.0 Å². The van der Waals surface area contributed by atoms with Gasteiger partial charge in [-0.05, 0) is 89.5 Å². The van der Waals surface area contributed by atoms with Gasteiger partial charge in [0, 0.05) is 28.5 Å². The Kier molecular flexibility index (Phi) is 11.5. The molecule has 6 rings (SSSR count). The first-order chi connectivity index (χ1) is 26.8. The number of nitrogens with zero attached hydrogens (tertiary/aromatic N) is 7. The first-order valence-electron chi connectivity index (χ1n) is 16.5. The zero-order valence-corrected chi connectivity index (χ0v) is 29.8. The molecule has 0 radical (unpaired) electrons. The number of carbonyl (C=O) groups is 4. The van der Waals surface area contributed by atoms with Crippen LogP contribution in [0.3, 0.4) is 0 Å². The van der Waals surface area contributed by atoms with Crippen molar-refractivity contribution in [3.05, 3.63) is 95.3 Å². The number of esters is 1. The molecule has 1 saturated carbocycles. The molecule has 5 aromatic rings. The van der Waals surface area contributed by atoms with E-state index in [-0.39, 0.29) is 17.5 Å². The summed E-state index contributed by atoms with van der Waals surface area (Å²) in [4.78, 5) is 62.9. The van der Waals surface area contributed by atoms with Gasteiger partial charge in [-0.15, -0.1) is 5.10 Å². The van der Waals surface area contributed by atoms with Crippen molar-refractivity contribution in [1.29, 1.82) is 0 Å². The number of alkyl halides is 3. The smallest absolute Gasteiger partial charge is 0.422 e. The summed E-state index contributed by atoms with van der Waals surface area (Å²) in [5.41, 5.74) is 1.61. The van der Waals surface area contributed by atoms with Crippen LogP contribution in [-0.2, 0) is 24.7 Å². The average Bonchev–Trinajstić information content (AvgIpc) is 3.74. The second kappa shape index (κ2) is 16.6. The highest BCUT2D eigenvalue weighted by atomic mass is 35.5. The number of tetrazole rings is 1. The summed E-state index contributed by atoms with van der Waals surface area (Å²) in [5, 5.41) is 24.6. The van der Waals surface area contributed by atoms with Crippen LogP contribution < -0.4 is 31.3 Å². The van der Waals surface area contributed by atoms with Crippen LogP contribution in [0.4, 0.5) is 36.4 Å². The lowest BCUT2D eigenvalue weighted by Crippen LogP contribution is -2.50. The minimum Gasteiger partial charge on any atom is -0.467 e. The summed E-state index contributed by atoms with van der Waals surface area (Å²) >= 11 is 6.03. The lowest BCUT2D eigenvalue weighted by molar-refractivity contribution is -0.154. The fraction of sp³-hybridized carbons (Fsp3) is 0.235. The monoisotopic (exact) mass is 794 g/mol. The Bertz CT molecular complexity index is 2190. The predicted molar refractivity (Wildman–Crippen MR) is 191 cm³/mol. The summed E-state index contributed by atoms with van der Waals surface area (Å²) in [6.45, 7) is -2.12. The molecule has 1 aliphatic carbocycles. The molecule has 22 heteroatoms. The molecule has 1 aliphatic rings. The van der Waals surface area contributed by atoms with Crippen molar-refractivity contribution >= 4 is 58.6 Å². The van der Waals surface area contributed by atoms with Gasteiger partial charge < -0.3 is 36.1 Å². The number of hydrogen-bond donors (Lipinski definition) is 5. The standard InChI is InChI=1S/C34H30ClF3N12O6/c1-55-29(54)25(16-39-27(52)28(53)41-22-10-12-24(13-11-22)50-18-40-48-49-50)43-26(51)19-2-8-23(9-3-19)42-30-44-31(46-32(45-30)56-17-34(36,37)38)47-33(14-15-33)20-4-6-21(35)7-5-20/h2-13,18,25H,14-17H2,1H3,(H,39,52)(H,41,53)(H,43,51)(H2,42,44,45,46,47)/t25-/m0/s1. The van der Waals surface area contributed by atoms with Crippen molar-refractivity contribution in [3.8, 4) is 11.7 Å². The number of methoxy groups -OCH3 is 1. The van der Waals surface area contributed by atoms with Crippen molar-refractivity contribution in [2.45, 2.75) is 30.6 Å². The van der Waals surface area contributed by atoms with E-state index in [0.717, 1.165) is 12.7 Å². The van der Waals surface area contributed by atoms with Crippen LogP contribution in [-0.4, -0.2) is 91.3 Å². The third-order valence-corrected chi connectivity index (χ3v) is 8.34. The van der Waals surface area contributed by atoms with Crippen LogP contribution >= 0.6 is 11.6 Å². The highest BCUT2D eigenvalue weighted by Gasteiger charge is 2.45. The van der Waals surface area contributed by atoms with E-state index in [9.17, 15) is 32.3 Å². The summed E-state index contributed by atoms with van der Waals surface area (Å²) < 4.78 is 49.9. The number of halogens is 4. The molecule has 2 heterocycles. The van der Waals surface area contributed by atoms with Gasteiger partial charge in [0.2, 0.25) is 11.9 Å². The largest absolute Gasteiger partial charge is 0.467 e. The van der Waals surface area contributed by atoms with E-state index in [1.165, 1.54) is 47.4 Å². The Hall–Kier alpha value is -6.90. The molecule has 3 aromatic carbocycles. The summed E-state index contributed by atoms with van der Waals surface area (Å²) in [6, 6.07) is 17.1. The Balaban J connectivity index is 1.07. The molecule has 1 atom stereocenters. The van der Waals surface area contributed by atoms with Crippen LogP contribution in [0, 0.1) is 0 Å². The van der Waals surface area contributed by atoms with E-state index in [1.807, 2.05) is 12.1 Å². The number of benzene rings is 3. The first kappa shape index (κ1) is 38.8. The zero-order valence-electron chi connectivity index (χ0n) is 29.0. The summed E-state index contributed by atoms with van der Waals surface area (Å²) in [6.07, 6.45) is -1.87. The van der Waals surface area contributed by atoms with Crippen LogP contribution in [0.5, 0.6) is 6.01 Å². The van der Waals surface area contributed by atoms with Gasteiger partial charge in [-0.25, -0.2) is 9.48 Å². The Morgan fingerprint density at radius 2 is 1.57 bits per heavy atom. The van der Waals surface area contributed by atoms with E-state index in [1.54, 1.807) is 24.3 Å². The quantitative estimate of drug-likeness (QED) is 0.0803. The third-order valence-electron chi connectivity index (χ3n) is 8.08. The lowest BCUT2D eigenvalue weighted by atomic mass is 10.1. The predicted octanol–water partition coefficient (Wildman–Crippen LogP) is 3.31. The van der Waals surface area contributed by atoms with Crippen molar-refractivity contribution in [3.63, 3.8) is 0 Å². The van der Waals surface area contributed by atoms with Crippen molar-refractivity contribution in [1.82, 2.24) is 45.8 Å². The van der Waals surface area contributed by atoms with E-state index in [2.05, 4.69) is 57.1 Å². The molecule has 56 heavy (non-hydrogen) atoms. The molecule has 0 aliphatic heterocycles. The molecule has 0 spiro atoms. The Labute approximate surface area is 319 Å². The summed E-state index contributed by atoms with van der Waals surface area (Å²) in [7, 11) is 1.08. The molecular formula is C34H30ClF3N12O6. The molecule has 5 N–H and O–H groups in total. The fourth-order valence-corrected chi connectivity index (χ4v) is 5.25. The van der Waals surface area contributed by atoms with Crippen molar-refractivity contribution < 1.29 is 41.8 Å². The zero-order chi connectivity index (χ0) is 39.9. The maximum absolute atomic E-state index is 13.1. The van der Waals surface area contributed by atoms with Gasteiger partial charge in [0.1, 0.15) is 12.4 Å². The highest BCUT2D eigenvalue weighted by molar-refractivity contribution is 6.39. The summed E-state index contributed by atoms with van der Waals surface area (Å²) in [5.74, 6) is -3.96. The van der Waals surface area contributed by atoms with E-state index >= 15 is 0 Å². The van der Waals surface area contributed by atoms with Crippen molar-refractivity contribution in [2.24, 2.45) is 0 Å². The topological polar surface area (TPSA) is 229 Å². The van der Waals surface area contributed by atoms with Gasteiger partial charge in [-0.3, -0.25) is 14.4 Å². The van der Waals surface area contributed by atoms with Crippen LogP contribution in [0.25, 0.3) is 5.69 Å². The number of carbonyl (C=O) groups excluding carboxylic acids is 4. The van der Waals surface area contributed by atoms with Crippen molar-refractivity contribution in [2.75, 3.05) is 36.2 Å². The number of amides is 3. The SMILES string of the molecule is COC(=O)[C@H](CNC(=O)C(=O)Nc1ccc(-n2cnnn2)cc1)NC(=O)c1ccc(Nc2nc(NC3(c4ccc(Cl)cc4)CC3)nc(OCC(F)(F)F)n2)cc1. The first-order valence-corrected chi connectivity index (χ1v) is 16.9. The normalized spacial score (nSPS) is 13.4. The maximum atomic E-state index is 13.1. The van der Waals surface area contributed by atoms with Crippen LogP contribution in [0.1, 0.15) is 28.8 Å².